The fourth-order valence-corrected chi connectivity index (χ4v) is 3.20. The molecule has 1 aromatic heterocycles. The first-order valence-electron chi connectivity index (χ1n) is 6.40. The second-order valence-electron chi connectivity index (χ2n) is 5.50. The van der Waals surface area contributed by atoms with Crippen molar-refractivity contribution in [2.24, 2.45) is 0 Å². The maximum Gasteiger partial charge on any atom is 0.159 e. The molecule has 0 unspecified atom stereocenters. The molecule has 7 heteroatoms. The Morgan fingerprint density at radius 2 is 1.95 bits per heavy atom. The quantitative estimate of drug-likeness (QED) is 0.777. The summed E-state index contributed by atoms with van der Waals surface area (Å²) in [6.45, 7) is 8.50. The van der Waals surface area contributed by atoms with Gasteiger partial charge < -0.3 is 5.32 Å². The van der Waals surface area contributed by atoms with Crippen LogP contribution in [0.25, 0.3) is 0 Å². The largest absolute Gasteiger partial charge is 0.315 e. The second kappa shape index (κ2) is 6.28. The Morgan fingerprint density at radius 3 is 2.47 bits per heavy atom. The third-order valence-electron chi connectivity index (χ3n) is 3.03. The molecule has 0 fully saturated rings. The highest BCUT2D eigenvalue weighted by molar-refractivity contribution is 7.91. The monoisotopic (exact) mass is 305 g/mol. The Balaban J connectivity index is 2.63. The van der Waals surface area contributed by atoms with Crippen molar-refractivity contribution in [2.45, 2.75) is 51.3 Å². The Hall–Kier alpha value is -0.530. The zero-order valence-corrected chi connectivity index (χ0v) is 13.9. The first kappa shape index (κ1) is 16.5. The molecule has 110 valence electrons. The second-order valence-corrected chi connectivity index (χ2v) is 9.12. The van der Waals surface area contributed by atoms with E-state index in [4.69, 9.17) is 0 Å². The van der Waals surface area contributed by atoms with Gasteiger partial charge in [-0.25, -0.2) is 8.42 Å². The first-order chi connectivity index (χ1) is 8.64. The lowest BCUT2D eigenvalue weighted by Gasteiger charge is -2.18. The van der Waals surface area contributed by atoms with Crippen LogP contribution >= 0.6 is 11.3 Å². The van der Waals surface area contributed by atoms with Gasteiger partial charge in [-0.05, 0) is 26.8 Å². The van der Waals surface area contributed by atoms with Crippen LogP contribution < -0.4 is 5.32 Å². The van der Waals surface area contributed by atoms with Gasteiger partial charge in [-0.15, -0.1) is 10.2 Å². The Bertz CT molecular complexity index is 507. The Morgan fingerprint density at radius 1 is 1.32 bits per heavy atom. The van der Waals surface area contributed by atoms with Crippen molar-refractivity contribution in [1.29, 1.82) is 0 Å². The smallest absolute Gasteiger partial charge is 0.159 e. The van der Waals surface area contributed by atoms with Crippen LogP contribution in [-0.4, -0.2) is 37.5 Å². The molecule has 1 rings (SSSR count). The molecule has 19 heavy (non-hydrogen) atoms. The van der Waals surface area contributed by atoms with Gasteiger partial charge in [-0.1, -0.05) is 25.2 Å². The Labute approximate surface area is 119 Å². The van der Waals surface area contributed by atoms with E-state index in [-0.39, 0.29) is 0 Å². The van der Waals surface area contributed by atoms with Crippen molar-refractivity contribution >= 4 is 21.2 Å². The molecule has 0 atom stereocenters. The minimum absolute atomic E-state index is 0.481. The average molecular weight is 305 g/mol. The van der Waals surface area contributed by atoms with Crippen molar-refractivity contribution in [3.05, 3.63) is 10.0 Å². The summed E-state index contributed by atoms with van der Waals surface area (Å²) < 4.78 is 22.5. The number of nitrogens with zero attached hydrogens (tertiary/aromatic N) is 2. The summed E-state index contributed by atoms with van der Waals surface area (Å²) in [5, 5.41) is 12.9. The summed E-state index contributed by atoms with van der Waals surface area (Å²) >= 11 is 1.40. The van der Waals surface area contributed by atoms with Gasteiger partial charge in [0.15, 0.2) is 9.84 Å². The summed E-state index contributed by atoms with van der Waals surface area (Å²) in [5.41, 5.74) is 0. The molecule has 0 aliphatic rings. The molecule has 0 aromatic carbocycles. The number of hydrogen-bond acceptors (Lipinski definition) is 6. The molecule has 1 aromatic rings. The van der Waals surface area contributed by atoms with Gasteiger partial charge in [0.2, 0.25) is 0 Å². The molecule has 0 saturated carbocycles. The van der Waals surface area contributed by atoms with Crippen LogP contribution in [-0.2, 0) is 21.0 Å². The zero-order valence-electron chi connectivity index (χ0n) is 12.2. The highest BCUT2D eigenvalue weighted by atomic mass is 32.2. The predicted octanol–water partition coefficient (Wildman–Crippen LogP) is 1.75. The standard InChI is InChI=1S/C12H23N3O2S2/c1-9(2)13-8-6-7-10-14-15-11(18-10)12(3,4)19(5,16)17/h9,13H,6-8H2,1-5H3. The molecule has 5 nitrogen and oxygen atoms in total. The van der Waals surface area contributed by atoms with Crippen LogP contribution in [0.5, 0.6) is 0 Å². The highest BCUT2D eigenvalue weighted by Gasteiger charge is 2.35. The van der Waals surface area contributed by atoms with E-state index >= 15 is 0 Å². The van der Waals surface area contributed by atoms with E-state index in [0.29, 0.717) is 11.0 Å². The summed E-state index contributed by atoms with van der Waals surface area (Å²) in [4.78, 5) is 0. The number of aromatic nitrogens is 2. The first-order valence-corrected chi connectivity index (χ1v) is 9.11. The number of hydrogen-bond donors (Lipinski definition) is 1. The van der Waals surface area contributed by atoms with Crippen LogP contribution in [0.2, 0.25) is 0 Å². The summed E-state index contributed by atoms with van der Waals surface area (Å²) in [5.74, 6) is 0. The fraction of sp³-hybridized carbons (Fsp3) is 0.833. The number of sulfone groups is 1. The predicted molar refractivity (Wildman–Crippen MR) is 79.2 cm³/mol. The lowest BCUT2D eigenvalue weighted by atomic mass is 10.2. The molecule has 0 aliphatic heterocycles. The van der Waals surface area contributed by atoms with Crippen LogP contribution in [0.15, 0.2) is 0 Å². The van der Waals surface area contributed by atoms with Gasteiger partial charge >= 0.3 is 0 Å². The number of rotatable bonds is 7. The van der Waals surface area contributed by atoms with Crippen molar-refractivity contribution in [3.8, 4) is 0 Å². The normalized spacial score (nSPS) is 13.2. The highest BCUT2D eigenvalue weighted by Crippen LogP contribution is 2.31. The van der Waals surface area contributed by atoms with Crippen molar-refractivity contribution in [3.63, 3.8) is 0 Å². The van der Waals surface area contributed by atoms with Gasteiger partial charge in [-0.2, -0.15) is 0 Å². The average Bonchev–Trinajstić information content (AvgIpc) is 2.71. The lowest BCUT2D eigenvalue weighted by molar-refractivity contribution is 0.558. The van der Waals surface area contributed by atoms with Crippen LogP contribution in [0, 0.1) is 0 Å². The molecular formula is C12H23N3O2S2. The van der Waals surface area contributed by atoms with Gasteiger partial charge in [0, 0.05) is 18.7 Å². The maximum atomic E-state index is 11.7. The Kier molecular flexibility index (Phi) is 5.46. The van der Waals surface area contributed by atoms with Gasteiger partial charge in [-0.3, -0.25) is 0 Å². The molecule has 1 heterocycles. The fourth-order valence-electron chi connectivity index (χ4n) is 1.39. The zero-order chi connectivity index (χ0) is 14.7. The van der Waals surface area contributed by atoms with Gasteiger partial charge in [0.1, 0.15) is 14.8 Å². The molecule has 0 bridgehead atoms. The van der Waals surface area contributed by atoms with E-state index in [9.17, 15) is 8.42 Å². The molecule has 1 N–H and O–H groups in total. The maximum absolute atomic E-state index is 11.7. The molecular weight excluding hydrogens is 282 g/mol. The van der Waals surface area contributed by atoms with Crippen LogP contribution in [0.1, 0.15) is 44.1 Å². The third kappa shape index (κ3) is 4.50. The molecule has 0 amide bonds. The van der Waals surface area contributed by atoms with Crippen LogP contribution in [0.4, 0.5) is 0 Å². The minimum Gasteiger partial charge on any atom is -0.315 e. The van der Waals surface area contributed by atoms with E-state index < -0.39 is 14.6 Å². The van der Waals surface area contributed by atoms with E-state index in [1.807, 2.05) is 0 Å². The van der Waals surface area contributed by atoms with E-state index in [1.165, 1.54) is 17.6 Å². The topological polar surface area (TPSA) is 72.0 Å². The van der Waals surface area contributed by atoms with Gasteiger partial charge in [0.05, 0.1) is 0 Å². The molecule has 0 saturated heterocycles. The van der Waals surface area contributed by atoms with Gasteiger partial charge in [0.25, 0.3) is 0 Å². The van der Waals surface area contributed by atoms with Crippen LogP contribution in [0.3, 0.4) is 0 Å². The summed E-state index contributed by atoms with van der Waals surface area (Å²) in [7, 11) is -3.18. The van der Waals surface area contributed by atoms with E-state index in [2.05, 4.69) is 29.4 Å². The summed E-state index contributed by atoms with van der Waals surface area (Å²) in [6.07, 6.45) is 3.05. The number of aryl methyl sites for hydroxylation is 1. The lowest BCUT2D eigenvalue weighted by Crippen LogP contribution is -2.27. The number of nitrogens with one attached hydrogen (secondary N) is 1. The third-order valence-corrected chi connectivity index (χ3v) is 6.51. The summed E-state index contributed by atoms with van der Waals surface area (Å²) in [6, 6.07) is 0.481. The van der Waals surface area contributed by atoms with E-state index in [1.54, 1.807) is 13.8 Å². The van der Waals surface area contributed by atoms with Crippen molar-refractivity contribution < 1.29 is 8.42 Å². The SMILES string of the molecule is CC(C)NCCCc1nnc(C(C)(C)S(C)(=O)=O)s1. The van der Waals surface area contributed by atoms with Crippen molar-refractivity contribution in [2.75, 3.05) is 12.8 Å². The van der Waals surface area contributed by atoms with Crippen molar-refractivity contribution in [1.82, 2.24) is 15.5 Å². The van der Waals surface area contributed by atoms with E-state index in [0.717, 1.165) is 24.4 Å². The minimum atomic E-state index is -3.18. The molecule has 0 spiro atoms. The molecule has 0 aliphatic carbocycles. The molecule has 0 radical (unpaired) electrons.